The molecule has 0 saturated carbocycles. The molecule has 0 fully saturated rings. The van der Waals surface area contributed by atoms with Crippen molar-refractivity contribution in [3.63, 3.8) is 0 Å². The van der Waals surface area contributed by atoms with Crippen LogP contribution in [0.5, 0.6) is 17.2 Å². The second-order valence-electron chi connectivity index (χ2n) is 5.62. The van der Waals surface area contributed by atoms with Crippen molar-refractivity contribution in [2.24, 2.45) is 0 Å². The van der Waals surface area contributed by atoms with Crippen LogP contribution in [-0.2, 0) is 14.3 Å². The van der Waals surface area contributed by atoms with Gasteiger partial charge in [-0.1, -0.05) is 12.1 Å². The summed E-state index contributed by atoms with van der Waals surface area (Å²) >= 11 is 0. The first-order valence-corrected chi connectivity index (χ1v) is 8.32. The van der Waals surface area contributed by atoms with Gasteiger partial charge >= 0.3 is 5.97 Å². The Hall–Kier alpha value is -3.48. The van der Waals surface area contributed by atoms with Crippen molar-refractivity contribution in [3.8, 4) is 17.2 Å². The summed E-state index contributed by atoms with van der Waals surface area (Å²) < 4.78 is 20.9. The molecule has 0 unspecified atom stereocenters. The van der Waals surface area contributed by atoms with Gasteiger partial charge in [0.25, 0.3) is 5.91 Å². The molecule has 1 aliphatic heterocycles. The first-order chi connectivity index (χ1) is 13.1. The molecule has 0 aliphatic carbocycles. The number of benzene rings is 2. The second-order valence-corrected chi connectivity index (χ2v) is 5.62. The molecule has 2 aromatic carbocycles. The Morgan fingerprint density at radius 3 is 2.74 bits per heavy atom. The molecule has 2 aromatic rings. The molecule has 1 heterocycles. The van der Waals surface area contributed by atoms with Crippen molar-refractivity contribution in [1.29, 1.82) is 0 Å². The molecule has 0 spiro atoms. The van der Waals surface area contributed by atoms with E-state index in [1.807, 2.05) is 0 Å². The smallest absolute Gasteiger partial charge is 0.331 e. The second kappa shape index (κ2) is 8.75. The van der Waals surface area contributed by atoms with E-state index in [1.165, 1.54) is 13.2 Å². The Bertz CT molecular complexity index is 861. The number of methoxy groups -OCH3 is 1. The molecule has 3 rings (SSSR count). The van der Waals surface area contributed by atoms with E-state index in [4.69, 9.17) is 18.9 Å². The maximum Gasteiger partial charge on any atom is 0.331 e. The maximum absolute atomic E-state index is 11.9. The summed E-state index contributed by atoms with van der Waals surface area (Å²) in [5.74, 6) is 0.867. The summed E-state index contributed by atoms with van der Waals surface area (Å²) in [7, 11) is 1.54. The molecule has 0 saturated heterocycles. The van der Waals surface area contributed by atoms with Gasteiger partial charge in [-0.2, -0.15) is 0 Å². The number of nitrogens with one attached hydrogen (secondary N) is 1. The number of hydrogen-bond donors (Lipinski definition) is 1. The maximum atomic E-state index is 11.9. The summed E-state index contributed by atoms with van der Waals surface area (Å²) in [4.78, 5) is 23.7. The lowest BCUT2D eigenvalue weighted by molar-refractivity contribution is -0.142. The number of ether oxygens (including phenoxy) is 4. The first-order valence-electron chi connectivity index (χ1n) is 8.32. The van der Waals surface area contributed by atoms with Crippen LogP contribution in [0.4, 0.5) is 5.69 Å². The zero-order chi connectivity index (χ0) is 19.1. The predicted molar refractivity (Wildman–Crippen MR) is 99.0 cm³/mol. The lowest BCUT2D eigenvalue weighted by Crippen LogP contribution is -2.20. The van der Waals surface area contributed by atoms with Crippen LogP contribution in [0.3, 0.4) is 0 Å². The minimum atomic E-state index is -0.620. The molecule has 7 nitrogen and oxygen atoms in total. The lowest BCUT2D eigenvalue weighted by Gasteiger charge is -2.18. The molecule has 27 heavy (non-hydrogen) atoms. The Morgan fingerprint density at radius 1 is 1.11 bits per heavy atom. The van der Waals surface area contributed by atoms with Crippen molar-refractivity contribution in [1.82, 2.24) is 0 Å². The number of fused-ring (bicyclic) bond motifs is 1. The van der Waals surface area contributed by atoms with Gasteiger partial charge < -0.3 is 24.3 Å². The fraction of sp³-hybridized carbons (Fsp3) is 0.200. The minimum Gasteiger partial charge on any atom is -0.497 e. The van der Waals surface area contributed by atoms with Crippen molar-refractivity contribution in [2.75, 3.05) is 32.2 Å². The van der Waals surface area contributed by atoms with E-state index < -0.39 is 11.9 Å². The van der Waals surface area contributed by atoms with Crippen molar-refractivity contribution in [3.05, 3.63) is 54.1 Å². The third-order valence-corrected chi connectivity index (χ3v) is 3.68. The van der Waals surface area contributed by atoms with Crippen molar-refractivity contribution < 1.29 is 28.5 Å². The number of esters is 1. The van der Waals surface area contributed by atoms with Crippen LogP contribution in [0.1, 0.15) is 5.56 Å². The standard InChI is InChI=1S/C20H19NO6/c1-24-16-4-2-3-15(12-16)21-19(22)13-27-20(23)8-6-14-5-7-17-18(11-14)26-10-9-25-17/h2-8,11-12H,9-10,13H2,1H3,(H,21,22)/b8-6+. The zero-order valence-corrected chi connectivity index (χ0v) is 14.8. The number of anilines is 1. The van der Waals surface area contributed by atoms with E-state index >= 15 is 0 Å². The number of carbonyl (C=O) groups is 2. The average Bonchev–Trinajstić information content (AvgIpc) is 2.70. The molecule has 1 amide bonds. The van der Waals surface area contributed by atoms with E-state index in [0.29, 0.717) is 36.1 Å². The van der Waals surface area contributed by atoms with Crippen LogP contribution >= 0.6 is 0 Å². The van der Waals surface area contributed by atoms with Crippen LogP contribution in [-0.4, -0.2) is 38.8 Å². The SMILES string of the molecule is COc1cccc(NC(=O)COC(=O)/C=C/c2ccc3c(c2)OCCO3)c1. The zero-order valence-electron chi connectivity index (χ0n) is 14.8. The molecule has 1 N–H and O–H groups in total. The molecule has 0 bridgehead atoms. The van der Waals surface area contributed by atoms with Gasteiger partial charge in [-0.15, -0.1) is 0 Å². The highest BCUT2D eigenvalue weighted by atomic mass is 16.6. The largest absolute Gasteiger partial charge is 0.497 e. The van der Waals surface area contributed by atoms with Gasteiger partial charge in [-0.25, -0.2) is 4.79 Å². The molecule has 0 atom stereocenters. The summed E-state index contributed by atoms with van der Waals surface area (Å²) in [6, 6.07) is 12.2. The molecular formula is C20H19NO6. The Balaban J connectivity index is 1.48. The number of rotatable bonds is 6. The summed E-state index contributed by atoms with van der Waals surface area (Å²) in [5.41, 5.74) is 1.32. The highest BCUT2D eigenvalue weighted by Gasteiger charge is 2.11. The van der Waals surface area contributed by atoms with Crippen LogP contribution in [0, 0.1) is 0 Å². The molecular weight excluding hydrogens is 350 g/mol. The van der Waals surface area contributed by atoms with Crippen LogP contribution < -0.4 is 19.5 Å². The van der Waals surface area contributed by atoms with Crippen LogP contribution in [0.15, 0.2) is 48.5 Å². The predicted octanol–water partition coefficient (Wildman–Crippen LogP) is 2.66. The highest BCUT2D eigenvalue weighted by molar-refractivity contribution is 5.94. The van der Waals surface area contributed by atoms with Crippen molar-refractivity contribution >= 4 is 23.6 Å². The van der Waals surface area contributed by atoms with Gasteiger partial charge in [0.15, 0.2) is 18.1 Å². The van der Waals surface area contributed by atoms with Gasteiger partial charge in [0.05, 0.1) is 7.11 Å². The van der Waals surface area contributed by atoms with E-state index in [2.05, 4.69) is 5.32 Å². The van der Waals surface area contributed by atoms with E-state index in [-0.39, 0.29) is 6.61 Å². The van der Waals surface area contributed by atoms with Gasteiger partial charge in [-0.3, -0.25) is 4.79 Å². The lowest BCUT2D eigenvalue weighted by atomic mass is 10.2. The fourth-order valence-corrected chi connectivity index (χ4v) is 2.41. The Kier molecular flexibility index (Phi) is 5.94. The van der Waals surface area contributed by atoms with Crippen molar-refractivity contribution in [2.45, 2.75) is 0 Å². The van der Waals surface area contributed by atoms with E-state index in [9.17, 15) is 9.59 Å². The molecule has 7 heteroatoms. The quantitative estimate of drug-likeness (QED) is 0.623. The topological polar surface area (TPSA) is 83.1 Å². The normalized spacial score (nSPS) is 12.5. The molecule has 0 radical (unpaired) electrons. The number of carbonyl (C=O) groups excluding carboxylic acids is 2. The third-order valence-electron chi connectivity index (χ3n) is 3.68. The van der Waals surface area contributed by atoms with Gasteiger partial charge in [0.2, 0.25) is 0 Å². The highest BCUT2D eigenvalue weighted by Crippen LogP contribution is 2.31. The first kappa shape index (κ1) is 18.3. The Labute approximate surface area is 156 Å². The average molecular weight is 369 g/mol. The minimum absolute atomic E-state index is 0.387. The van der Waals surface area contributed by atoms with Gasteiger partial charge in [-0.05, 0) is 35.9 Å². The number of amides is 1. The van der Waals surface area contributed by atoms with Crippen LogP contribution in [0.2, 0.25) is 0 Å². The van der Waals surface area contributed by atoms with E-state index in [0.717, 1.165) is 5.56 Å². The summed E-state index contributed by atoms with van der Waals surface area (Å²) in [6.07, 6.45) is 2.84. The fourth-order valence-electron chi connectivity index (χ4n) is 2.41. The monoisotopic (exact) mass is 369 g/mol. The van der Waals surface area contributed by atoms with Gasteiger partial charge in [0, 0.05) is 17.8 Å². The van der Waals surface area contributed by atoms with E-state index in [1.54, 1.807) is 48.5 Å². The molecule has 140 valence electrons. The molecule has 0 aromatic heterocycles. The van der Waals surface area contributed by atoms with Gasteiger partial charge in [0.1, 0.15) is 19.0 Å². The summed E-state index contributed by atoms with van der Waals surface area (Å²) in [6.45, 7) is 0.623. The Morgan fingerprint density at radius 2 is 1.93 bits per heavy atom. The van der Waals surface area contributed by atoms with Crippen LogP contribution in [0.25, 0.3) is 6.08 Å². The molecule has 1 aliphatic rings. The summed E-state index contributed by atoms with van der Waals surface area (Å²) in [5, 5.41) is 2.63. The number of hydrogen-bond acceptors (Lipinski definition) is 6. The third kappa shape index (κ3) is 5.24.